The monoisotopic (exact) mass is 334 g/mol. The number of furan rings is 1. The van der Waals surface area contributed by atoms with E-state index in [1.807, 2.05) is 12.1 Å². The highest BCUT2D eigenvalue weighted by atomic mass is 16.5. The molecule has 0 spiro atoms. The summed E-state index contributed by atoms with van der Waals surface area (Å²) in [6.45, 7) is 1.13. The van der Waals surface area contributed by atoms with Crippen molar-refractivity contribution < 1.29 is 23.4 Å². The Balaban J connectivity index is 1.88. The molecule has 0 saturated carbocycles. The van der Waals surface area contributed by atoms with Crippen LogP contribution < -0.4 is 24.8 Å². The first kappa shape index (κ1) is 17.7. The fraction of sp³-hybridized carbons (Fsp3) is 0.353. The van der Waals surface area contributed by atoms with E-state index in [9.17, 15) is 4.79 Å². The van der Waals surface area contributed by atoms with Gasteiger partial charge in [0.1, 0.15) is 5.76 Å². The molecule has 0 fully saturated rings. The normalized spacial score (nSPS) is 10.3. The fourth-order valence-electron chi connectivity index (χ4n) is 2.20. The van der Waals surface area contributed by atoms with Crippen molar-refractivity contribution in [2.24, 2.45) is 0 Å². The number of anilines is 1. The number of hydrogen-bond acceptors (Lipinski definition) is 6. The van der Waals surface area contributed by atoms with Crippen molar-refractivity contribution in [1.82, 2.24) is 5.32 Å². The van der Waals surface area contributed by atoms with Gasteiger partial charge in [-0.2, -0.15) is 0 Å². The first-order valence-electron chi connectivity index (χ1n) is 7.51. The first-order valence-corrected chi connectivity index (χ1v) is 7.51. The third-order valence-electron chi connectivity index (χ3n) is 3.36. The molecule has 7 heteroatoms. The van der Waals surface area contributed by atoms with E-state index >= 15 is 0 Å². The van der Waals surface area contributed by atoms with Gasteiger partial charge in [-0.05, 0) is 12.1 Å². The summed E-state index contributed by atoms with van der Waals surface area (Å²) in [5.41, 5.74) is 0.584. The largest absolute Gasteiger partial charge is 0.493 e. The van der Waals surface area contributed by atoms with Crippen molar-refractivity contribution in [2.75, 3.05) is 33.2 Å². The molecule has 0 aliphatic heterocycles. The van der Waals surface area contributed by atoms with Crippen molar-refractivity contribution in [2.45, 2.75) is 13.0 Å². The van der Waals surface area contributed by atoms with Gasteiger partial charge in [0.2, 0.25) is 11.7 Å². The standard InChI is InChI=1S/C17H22N2O5/c1-21-14-9-12(10-15(22-2)17(14)23-3)19-16(20)6-7-18-11-13-5-4-8-24-13/h4-5,8-10,18H,6-7,11H2,1-3H3,(H,19,20). The molecule has 24 heavy (non-hydrogen) atoms. The summed E-state index contributed by atoms with van der Waals surface area (Å²) in [4.78, 5) is 12.0. The Morgan fingerprint density at radius 3 is 2.38 bits per heavy atom. The maximum Gasteiger partial charge on any atom is 0.225 e. The summed E-state index contributed by atoms with van der Waals surface area (Å²) in [7, 11) is 4.59. The van der Waals surface area contributed by atoms with Gasteiger partial charge in [0.25, 0.3) is 0 Å². The minimum atomic E-state index is -0.115. The summed E-state index contributed by atoms with van der Waals surface area (Å²) in [5.74, 6) is 2.18. The van der Waals surface area contributed by atoms with Gasteiger partial charge < -0.3 is 29.3 Å². The number of ether oxygens (including phenoxy) is 3. The predicted octanol–water partition coefficient (Wildman–Crippen LogP) is 2.42. The molecule has 1 heterocycles. The number of carbonyl (C=O) groups excluding carboxylic acids is 1. The number of nitrogens with one attached hydrogen (secondary N) is 2. The van der Waals surface area contributed by atoms with E-state index in [1.165, 1.54) is 21.3 Å². The topological polar surface area (TPSA) is 82.0 Å². The van der Waals surface area contributed by atoms with Crippen molar-refractivity contribution in [3.8, 4) is 17.2 Å². The summed E-state index contributed by atoms with van der Waals surface area (Å²) in [6.07, 6.45) is 1.95. The van der Waals surface area contributed by atoms with Crippen LogP contribution in [0, 0.1) is 0 Å². The highest BCUT2D eigenvalue weighted by Gasteiger charge is 2.14. The second kappa shape index (κ2) is 8.83. The molecule has 0 saturated heterocycles. The third-order valence-corrected chi connectivity index (χ3v) is 3.36. The Hall–Kier alpha value is -2.67. The van der Waals surface area contributed by atoms with Crippen LogP contribution in [-0.4, -0.2) is 33.8 Å². The zero-order valence-corrected chi connectivity index (χ0v) is 14.0. The number of benzene rings is 1. The molecule has 0 aliphatic carbocycles. The molecular formula is C17H22N2O5. The Bertz CT molecular complexity index is 630. The lowest BCUT2D eigenvalue weighted by Gasteiger charge is -2.14. The molecule has 1 aromatic heterocycles. The van der Waals surface area contributed by atoms with E-state index in [2.05, 4.69) is 10.6 Å². The predicted molar refractivity (Wildman–Crippen MR) is 89.8 cm³/mol. The average molecular weight is 334 g/mol. The lowest BCUT2D eigenvalue weighted by Crippen LogP contribution is -2.21. The third kappa shape index (κ3) is 4.66. The second-order valence-electron chi connectivity index (χ2n) is 4.97. The minimum Gasteiger partial charge on any atom is -0.493 e. The summed E-state index contributed by atoms with van der Waals surface area (Å²) >= 11 is 0. The zero-order chi connectivity index (χ0) is 17.4. The van der Waals surface area contributed by atoms with Crippen LogP contribution in [0.3, 0.4) is 0 Å². The highest BCUT2D eigenvalue weighted by Crippen LogP contribution is 2.39. The maximum atomic E-state index is 12.0. The number of amides is 1. The molecule has 7 nitrogen and oxygen atoms in total. The van der Waals surface area contributed by atoms with Crippen LogP contribution in [0.4, 0.5) is 5.69 Å². The van der Waals surface area contributed by atoms with Crippen LogP contribution in [0.25, 0.3) is 0 Å². The van der Waals surface area contributed by atoms with Crippen molar-refractivity contribution in [3.05, 3.63) is 36.3 Å². The molecule has 0 unspecified atom stereocenters. The van der Waals surface area contributed by atoms with E-state index in [0.717, 1.165) is 5.76 Å². The lowest BCUT2D eigenvalue weighted by molar-refractivity contribution is -0.116. The smallest absolute Gasteiger partial charge is 0.225 e. The molecule has 0 bridgehead atoms. The van der Waals surface area contributed by atoms with E-state index in [1.54, 1.807) is 18.4 Å². The molecule has 1 amide bonds. The second-order valence-corrected chi connectivity index (χ2v) is 4.97. The highest BCUT2D eigenvalue weighted by molar-refractivity contribution is 5.91. The molecule has 2 aromatic rings. The van der Waals surface area contributed by atoms with Gasteiger partial charge in [0, 0.05) is 30.8 Å². The molecule has 0 aliphatic rings. The van der Waals surface area contributed by atoms with Crippen molar-refractivity contribution in [1.29, 1.82) is 0 Å². The molecule has 0 atom stereocenters. The number of carbonyl (C=O) groups is 1. The number of hydrogen-bond donors (Lipinski definition) is 2. The Morgan fingerprint density at radius 1 is 1.12 bits per heavy atom. The van der Waals surface area contributed by atoms with E-state index in [0.29, 0.717) is 42.4 Å². The van der Waals surface area contributed by atoms with Crippen molar-refractivity contribution >= 4 is 11.6 Å². The van der Waals surface area contributed by atoms with Gasteiger partial charge in [-0.1, -0.05) is 0 Å². The van der Waals surface area contributed by atoms with Gasteiger partial charge in [-0.3, -0.25) is 4.79 Å². The van der Waals surface area contributed by atoms with Gasteiger partial charge in [-0.15, -0.1) is 0 Å². The molecule has 0 radical (unpaired) electrons. The average Bonchev–Trinajstić information content (AvgIpc) is 3.11. The van der Waals surface area contributed by atoms with Gasteiger partial charge in [0.15, 0.2) is 11.5 Å². The zero-order valence-electron chi connectivity index (χ0n) is 14.0. The lowest BCUT2D eigenvalue weighted by atomic mass is 10.2. The Kier molecular flexibility index (Phi) is 6.51. The van der Waals surface area contributed by atoms with Crippen LogP contribution in [0.1, 0.15) is 12.2 Å². The molecular weight excluding hydrogens is 312 g/mol. The van der Waals surface area contributed by atoms with E-state index in [-0.39, 0.29) is 5.91 Å². The van der Waals surface area contributed by atoms with Crippen LogP contribution in [0.2, 0.25) is 0 Å². The molecule has 130 valence electrons. The van der Waals surface area contributed by atoms with E-state index in [4.69, 9.17) is 18.6 Å². The fourth-order valence-corrected chi connectivity index (χ4v) is 2.20. The van der Waals surface area contributed by atoms with E-state index < -0.39 is 0 Å². The van der Waals surface area contributed by atoms with Crippen molar-refractivity contribution in [3.63, 3.8) is 0 Å². The maximum absolute atomic E-state index is 12.0. The number of methoxy groups -OCH3 is 3. The molecule has 1 aromatic carbocycles. The van der Waals surface area contributed by atoms with Crippen LogP contribution in [-0.2, 0) is 11.3 Å². The van der Waals surface area contributed by atoms with Gasteiger partial charge in [0.05, 0.1) is 34.1 Å². The SMILES string of the molecule is COc1cc(NC(=O)CCNCc2ccco2)cc(OC)c1OC. The van der Waals surface area contributed by atoms with Gasteiger partial charge >= 0.3 is 0 Å². The Morgan fingerprint density at radius 2 is 1.83 bits per heavy atom. The van der Waals surface area contributed by atoms with Gasteiger partial charge in [-0.25, -0.2) is 0 Å². The Labute approximate surface area is 140 Å². The minimum absolute atomic E-state index is 0.115. The quantitative estimate of drug-likeness (QED) is 0.686. The molecule has 2 rings (SSSR count). The summed E-state index contributed by atoms with van der Waals surface area (Å²) in [5, 5.41) is 5.96. The van der Waals surface area contributed by atoms with Crippen LogP contribution in [0.5, 0.6) is 17.2 Å². The summed E-state index contributed by atoms with van der Waals surface area (Å²) in [6, 6.07) is 7.09. The van der Waals surface area contributed by atoms with Crippen LogP contribution >= 0.6 is 0 Å². The van der Waals surface area contributed by atoms with Crippen LogP contribution in [0.15, 0.2) is 34.9 Å². The number of rotatable bonds is 9. The first-order chi connectivity index (χ1) is 11.7. The molecule has 2 N–H and O–H groups in total. The summed E-state index contributed by atoms with van der Waals surface area (Å²) < 4.78 is 21.0.